The van der Waals surface area contributed by atoms with Gasteiger partial charge in [-0.3, -0.25) is 14.6 Å². The Morgan fingerprint density at radius 3 is 2.50 bits per heavy atom. The third-order valence-corrected chi connectivity index (χ3v) is 4.70. The number of rotatable bonds is 3. The molecule has 7 heteroatoms. The number of carbonyl (C=O) groups excluding carboxylic acids is 2. The normalized spacial score (nSPS) is 19.8. The van der Waals surface area contributed by atoms with Gasteiger partial charge >= 0.3 is 12.0 Å². The average Bonchev–Trinajstić information content (AvgIpc) is 2.98. The summed E-state index contributed by atoms with van der Waals surface area (Å²) in [6, 6.07) is -0.720. The summed E-state index contributed by atoms with van der Waals surface area (Å²) in [7, 11) is 1.67. The van der Waals surface area contributed by atoms with Gasteiger partial charge < -0.3 is 0 Å². The first-order valence-corrected chi connectivity index (χ1v) is 8.11. The molecule has 1 fully saturated rings. The number of carbonyl (C=O) groups is 2. The van der Waals surface area contributed by atoms with Crippen molar-refractivity contribution in [3.63, 3.8) is 0 Å². The molecule has 1 aromatic rings. The van der Waals surface area contributed by atoms with E-state index in [4.69, 9.17) is 0 Å². The molecule has 3 heterocycles. The maximum Gasteiger partial charge on any atom is 0.402 e. The molecule has 1 atom stereocenters. The van der Waals surface area contributed by atoms with Gasteiger partial charge in [0.25, 0.3) is 5.91 Å². The fraction of sp³-hybridized carbons (Fsp3) is 0.529. The van der Waals surface area contributed by atoms with Gasteiger partial charge in [-0.05, 0) is 34.6 Å². The molecule has 0 aromatic carbocycles. The Morgan fingerprint density at radius 2 is 1.96 bits per heavy atom. The highest BCUT2D eigenvalue weighted by Gasteiger charge is 2.54. The van der Waals surface area contributed by atoms with E-state index < -0.39 is 6.04 Å². The van der Waals surface area contributed by atoms with E-state index in [0.717, 1.165) is 22.9 Å². The van der Waals surface area contributed by atoms with Crippen molar-refractivity contribution in [2.24, 2.45) is 4.99 Å². The number of hydrogen-bond donors (Lipinski definition) is 0. The molecule has 7 nitrogen and oxygen atoms in total. The van der Waals surface area contributed by atoms with Gasteiger partial charge in [0.2, 0.25) is 11.9 Å². The van der Waals surface area contributed by atoms with E-state index in [1.807, 2.05) is 25.3 Å². The zero-order valence-corrected chi connectivity index (χ0v) is 15.1. The van der Waals surface area contributed by atoms with Gasteiger partial charge in [0.1, 0.15) is 11.4 Å². The van der Waals surface area contributed by atoms with Gasteiger partial charge in [-0.25, -0.2) is 13.9 Å². The molecule has 24 heavy (non-hydrogen) atoms. The maximum absolute atomic E-state index is 13.0. The number of amides is 3. The highest BCUT2D eigenvalue weighted by Crippen LogP contribution is 2.32. The van der Waals surface area contributed by atoms with E-state index in [0.29, 0.717) is 5.84 Å². The molecule has 2 aliphatic rings. The van der Waals surface area contributed by atoms with E-state index in [9.17, 15) is 9.59 Å². The van der Waals surface area contributed by atoms with Gasteiger partial charge in [0, 0.05) is 7.05 Å². The zero-order chi connectivity index (χ0) is 17.9. The lowest BCUT2D eigenvalue weighted by Gasteiger charge is -2.33. The van der Waals surface area contributed by atoms with E-state index in [-0.39, 0.29) is 24.5 Å². The molecule has 0 N–H and O–H groups in total. The Bertz CT molecular complexity index is 802. The molecular weight excluding hydrogens is 306 g/mol. The molecule has 1 aromatic heterocycles. The van der Waals surface area contributed by atoms with Crippen LogP contribution < -0.4 is 4.57 Å². The number of amidine groups is 1. The standard InChI is InChI=1S/C17H24N5O2/c1-9(2)8-20-15(23)13-14(19(7)17(20)24)18-16-21(10(3)4)11(5)12(6)22(13)16/h10,13H,1,8H2,2-7H3/q+1. The Labute approximate surface area is 141 Å². The fourth-order valence-corrected chi connectivity index (χ4v) is 3.49. The lowest BCUT2D eigenvalue weighted by Crippen LogP contribution is -2.63. The van der Waals surface area contributed by atoms with E-state index >= 15 is 0 Å². The van der Waals surface area contributed by atoms with Crippen molar-refractivity contribution in [3.8, 4) is 0 Å². The molecule has 1 unspecified atom stereocenters. The molecule has 0 bridgehead atoms. The second-order valence-corrected chi connectivity index (χ2v) is 6.90. The Kier molecular flexibility index (Phi) is 3.62. The molecule has 0 aliphatic carbocycles. The van der Waals surface area contributed by atoms with Crippen molar-refractivity contribution >= 4 is 23.7 Å². The minimum atomic E-state index is -0.583. The number of imidazole rings is 1. The van der Waals surface area contributed by atoms with Crippen LogP contribution in [0.15, 0.2) is 17.1 Å². The molecule has 0 radical (unpaired) electrons. The maximum atomic E-state index is 13.0. The van der Waals surface area contributed by atoms with E-state index in [1.54, 1.807) is 7.05 Å². The zero-order valence-electron chi connectivity index (χ0n) is 15.1. The smallest absolute Gasteiger partial charge is 0.270 e. The van der Waals surface area contributed by atoms with E-state index in [2.05, 4.69) is 30.0 Å². The lowest BCUT2D eigenvalue weighted by molar-refractivity contribution is -0.683. The molecule has 3 rings (SSSR count). The van der Waals surface area contributed by atoms with Gasteiger partial charge in [-0.2, -0.15) is 0 Å². The van der Waals surface area contributed by atoms with Gasteiger partial charge in [0.05, 0.1) is 12.6 Å². The van der Waals surface area contributed by atoms with Crippen LogP contribution in [0.1, 0.15) is 44.2 Å². The summed E-state index contributed by atoms with van der Waals surface area (Å²) in [5, 5.41) is 0. The first kappa shape index (κ1) is 16.4. The second-order valence-electron chi connectivity index (χ2n) is 6.90. The number of hydrogen-bond acceptors (Lipinski definition) is 3. The number of urea groups is 1. The molecule has 0 spiro atoms. The molecular formula is C17H24N5O2+. The summed E-state index contributed by atoms with van der Waals surface area (Å²) < 4.78 is 4.05. The van der Waals surface area contributed by atoms with Gasteiger partial charge in [-0.1, -0.05) is 17.1 Å². The fourth-order valence-electron chi connectivity index (χ4n) is 3.49. The average molecular weight is 330 g/mol. The monoisotopic (exact) mass is 330 g/mol. The number of fused-ring (bicyclic) bond motifs is 3. The Hall–Kier alpha value is -2.44. The molecule has 3 amide bonds. The van der Waals surface area contributed by atoms with Crippen molar-refractivity contribution in [2.45, 2.75) is 46.7 Å². The van der Waals surface area contributed by atoms with Gasteiger partial charge in [0.15, 0.2) is 0 Å². The summed E-state index contributed by atoms with van der Waals surface area (Å²) in [6.07, 6.45) is 0. The summed E-state index contributed by atoms with van der Waals surface area (Å²) >= 11 is 0. The Balaban J connectivity index is 2.17. The lowest BCUT2D eigenvalue weighted by atomic mass is 10.1. The van der Waals surface area contributed by atoms with Crippen LogP contribution in [0.3, 0.4) is 0 Å². The predicted octanol–water partition coefficient (Wildman–Crippen LogP) is 2.03. The summed E-state index contributed by atoms with van der Waals surface area (Å²) in [5.41, 5.74) is 2.84. The van der Waals surface area contributed by atoms with Crippen LogP contribution >= 0.6 is 0 Å². The third-order valence-electron chi connectivity index (χ3n) is 4.70. The van der Waals surface area contributed by atoms with Crippen molar-refractivity contribution in [3.05, 3.63) is 23.5 Å². The van der Waals surface area contributed by atoms with Crippen LogP contribution in [0.2, 0.25) is 0 Å². The number of nitrogens with zero attached hydrogens (tertiary/aromatic N) is 5. The summed E-state index contributed by atoms with van der Waals surface area (Å²) in [5.74, 6) is 0.980. The minimum absolute atomic E-state index is 0.215. The minimum Gasteiger partial charge on any atom is -0.270 e. The first-order chi connectivity index (χ1) is 11.2. The van der Waals surface area contributed by atoms with Crippen LogP contribution in [0.4, 0.5) is 10.7 Å². The predicted molar refractivity (Wildman–Crippen MR) is 90.3 cm³/mol. The van der Waals surface area contributed by atoms with Crippen molar-refractivity contribution < 1.29 is 14.2 Å². The largest absolute Gasteiger partial charge is 0.402 e. The summed E-state index contributed by atoms with van der Waals surface area (Å²) in [6.45, 7) is 14.0. The first-order valence-electron chi connectivity index (χ1n) is 8.11. The number of imide groups is 1. The molecule has 1 saturated heterocycles. The highest BCUT2D eigenvalue weighted by molar-refractivity contribution is 6.19. The number of aromatic nitrogens is 2. The van der Waals surface area contributed by atoms with E-state index in [1.165, 1.54) is 9.80 Å². The van der Waals surface area contributed by atoms with Gasteiger partial charge in [-0.15, -0.1) is 0 Å². The quantitative estimate of drug-likeness (QED) is 0.629. The number of likely N-dealkylation sites (N-methyl/N-ethyl adjacent to an activating group) is 1. The molecule has 0 saturated carbocycles. The SMILES string of the molecule is C=C(C)CN1C(=O)C2C(=Nc3n(C(C)C)c(C)c(C)[n+]32)N(C)C1=O. The van der Waals surface area contributed by atoms with Crippen molar-refractivity contribution in [1.82, 2.24) is 14.4 Å². The molecule has 2 aliphatic heterocycles. The third kappa shape index (κ3) is 2.03. The van der Waals surface area contributed by atoms with Crippen LogP contribution in [-0.4, -0.2) is 45.7 Å². The van der Waals surface area contributed by atoms with Crippen molar-refractivity contribution in [2.75, 3.05) is 13.6 Å². The second kappa shape index (κ2) is 5.29. The number of aliphatic imine (C=N–C) groups is 1. The van der Waals surface area contributed by atoms with Crippen LogP contribution in [0, 0.1) is 13.8 Å². The van der Waals surface area contributed by atoms with Crippen LogP contribution in [-0.2, 0) is 4.79 Å². The highest BCUT2D eigenvalue weighted by atomic mass is 16.2. The Morgan fingerprint density at radius 1 is 1.33 bits per heavy atom. The van der Waals surface area contributed by atoms with Crippen LogP contribution in [0.25, 0.3) is 0 Å². The summed E-state index contributed by atoms with van der Waals surface area (Å²) in [4.78, 5) is 33.0. The molecule has 128 valence electrons. The van der Waals surface area contributed by atoms with Crippen molar-refractivity contribution in [1.29, 1.82) is 0 Å². The topological polar surface area (TPSA) is 61.8 Å². The van der Waals surface area contributed by atoms with Crippen LogP contribution in [0.5, 0.6) is 0 Å².